The van der Waals surface area contributed by atoms with Crippen LogP contribution in [0.15, 0.2) is 60.7 Å². The molecule has 6 atom stereocenters. The highest BCUT2D eigenvalue weighted by Crippen LogP contribution is 2.36. The van der Waals surface area contributed by atoms with E-state index in [1.54, 1.807) is 6.92 Å². The Bertz CT molecular complexity index is 819. The number of nitro groups is 1. The van der Waals surface area contributed by atoms with Crippen molar-refractivity contribution >= 4 is 0 Å². The van der Waals surface area contributed by atoms with E-state index in [4.69, 9.17) is 23.7 Å². The number of ether oxygens (including phenoxy) is 5. The van der Waals surface area contributed by atoms with Gasteiger partial charge in [-0.05, 0) is 12.5 Å². The van der Waals surface area contributed by atoms with Gasteiger partial charge in [0.2, 0.25) is 6.29 Å². The molecule has 2 aliphatic heterocycles. The van der Waals surface area contributed by atoms with Gasteiger partial charge in [0.1, 0.15) is 12.2 Å². The van der Waals surface area contributed by atoms with Gasteiger partial charge in [-0.1, -0.05) is 60.7 Å². The Morgan fingerprint density at radius 1 is 1.03 bits per heavy atom. The molecule has 30 heavy (non-hydrogen) atoms. The average molecular weight is 415 g/mol. The van der Waals surface area contributed by atoms with Gasteiger partial charge in [0.15, 0.2) is 12.4 Å². The summed E-state index contributed by atoms with van der Waals surface area (Å²) in [5.41, 5.74) is 1.74. The van der Waals surface area contributed by atoms with Gasteiger partial charge in [-0.25, -0.2) is 0 Å². The van der Waals surface area contributed by atoms with Crippen molar-refractivity contribution in [1.82, 2.24) is 0 Å². The SMILES string of the molecule is CCO[C@H]1[C@@H]2O[C@H](c3ccccc3)OC[C@H]2O[C@@H](OCc2ccccc2)[C@@H]1[N+](=O)[O-]. The molecule has 2 aromatic carbocycles. The summed E-state index contributed by atoms with van der Waals surface area (Å²) in [5.74, 6) is 0. The van der Waals surface area contributed by atoms with Crippen LogP contribution in [0.2, 0.25) is 0 Å². The zero-order valence-electron chi connectivity index (χ0n) is 16.7. The number of hydrogen-bond donors (Lipinski definition) is 0. The maximum absolute atomic E-state index is 12.0. The van der Waals surface area contributed by atoms with Gasteiger partial charge in [-0.15, -0.1) is 0 Å². The van der Waals surface area contributed by atoms with Crippen LogP contribution in [0, 0.1) is 10.1 Å². The van der Waals surface area contributed by atoms with Gasteiger partial charge >= 0.3 is 0 Å². The first-order valence-electron chi connectivity index (χ1n) is 10.1. The Morgan fingerprint density at radius 2 is 1.73 bits per heavy atom. The summed E-state index contributed by atoms with van der Waals surface area (Å²) in [7, 11) is 0. The van der Waals surface area contributed by atoms with Crippen LogP contribution >= 0.6 is 0 Å². The van der Waals surface area contributed by atoms with E-state index >= 15 is 0 Å². The van der Waals surface area contributed by atoms with E-state index < -0.39 is 41.9 Å². The number of nitrogens with zero attached hydrogens (tertiary/aromatic N) is 1. The van der Waals surface area contributed by atoms with Crippen LogP contribution in [-0.2, 0) is 30.3 Å². The molecular weight excluding hydrogens is 390 g/mol. The summed E-state index contributed by atoms with van der Waals surface area (Å²) in [5, 5.41) is 12.0. The molecule has 0 amide bonds. The molecule has 2 fully saturated rings. The quantitative estimate of drug-likeness (QED) is 0.507. The van der Waals surface area contributed by atoms with E-state index in [0.29, 0.717) is 6.61 Å². The molecular formula is C22H25NO7. The van der Waals surface area contributed by atoms with Crippen LogP contribution in [0.4, 0.5) is 0 Å². The monoisotopic (exact) mass is 415 g/mol. The minimum absolute atomic E-state index is 0.195. The molecule has 0 unspecified atom stereocenters. The van der Waals surface area contributed by atoms with Gasteiger partial charge in [-0.3, -0.25) is 10.1 Å². The zero-order chi connectivity index (χ0) is 20.9. The highest BCUT2D eigenvalue weighted by molar-refractivity contribution is 5.17. The highest BCUT2D eigenvalue weighted by Gasteiger charge is 2.56. The predicted octanol–water partition coefficient (Wildman–Crippen LogP) is 3.09. The van der Waals surface area contributed by atoms with Crippen molar-refractivity contribution in [2.75, 3.05) is 13.2 Å². The molecule has 160 valence electrons. The first-order chi connectivity index (χ1) is 14.7. The lowest BCUT2D eigenvalue weighted by molar-refractivity contribution is -0.580. The van der Waals surface area contributed by atoms with Crippen molar-refractivity contribution < 1.29 is 28.6 Å². The highest BCUT2D eigenvalue weighted by atomic mass is 16.8. The first-order valence-corrected chi connectivity index (χ1v) is 10.1. The minimum atomic E-state index is -1.22. The third-order valence-corrected chi connectivity index (χ3v) is 5.24. The molecule has 0 radical (unpaired) electrons. The van der Waals surface area contributed by atoms with Crippen LogP contribution in [0.25, 0.3) is 0 Å². The molecule has 2 aromatic rings. The zero-order valence-corrected chi connectivity index (χ0v) is 16.7. The third kappa shape index (κ3) is 4.53. The van der Waals surface area contributed by atoms with Crippen molar-refractivity contribution in [3.8, 4) is 0 Å². The van der Waals surface area contributed by atoms with E-state index in [-0.39, 0.29) is 13.2 Å². The molecule has 0 aliphatic carbocycles. The van der Waals surface area contributed by atoms with Crippen molar-refractivity contribution in [3.63, 3.8) is 0 Å². The van der Waals surface area contributed by atoms with E-state index in [0.717, 1.165) is 11.1 Å². The average Bonchev–Trinajstić information content (AvgIpc) is 2.78. The van der Waals surface area contributed by atoms with Crippen molar-refractivity contribution in [3.05, 3.63) is 81.9 Å². The second-order valence-electron chi connectivity index (χ2n) is 7.21. The second-order valence-corrected chi connectivity index (χ2v) is 7.21. The number of fused-ring (bicyclic) bond motifs is 1. The van der Waals surface area contributed by atoms with Crippen molar-refractivity contribution in [1.29, 1.82) is 0 Å². The predicted molar refractivity (Wildman–Crippen MR) is 106 cm³/mol. The molecule has 8 nitrogen and oxygen atoms in total. The fourth-order valence-electron chi connectivity index (χ4n) is 3.84. The summed E-state index contributed by atoms with van der Waals surface area (Å²) in [6.45, 7) is 2.53. The normalized spacial score (nSPS) is 31.1. The summed E-state index contributed by atoms with van der Waals surface area (Å²) >= 11 is 0. The molecule has 2 aliphatic rings. The van der Waals surface area contributed by atoms with Crippen LogP contribution < -0.4 is 0 Å². The van der Waals surface area contributed by atoms with Crippen molar-refractivity contribution in [2.45, 2.75) is 50.5 Å². The first kappa shape index (κ1) is 20.9. The molecule has 0 aromatic heterocycles. The van der Waals surface area contributed by atoms with E-state index in [9.17, 15) is 10.1 Å². The number of benzene rings is 2. The Morgan fingerprint density at radius 3 is 2.40 bits per heavy atom. The van der Waals surface area contributed by atoms with Gasteiger partial charge in [-0.2, -0.15) is 0 Å². The minimum Gasteiger partial charge on any atom is -0.368 e. The molecule has 0 N–H and O–H groups in total. The standard InChI is InChI=1S/C22H25NO7/c1-2-26-20-18(23(24)25)22(27-13-15-9-5-3-6-10-15)29-17-14-28-21(30-19(17)20)16-11-7-4-8-12-16/h3-12,17-22H,2,13-14H2,1H3/t17-,18-,19-,20-,21-,22-/m1/s1. The summed E-state index contributed by atoms with van der Waals surface area (Å²) in [6.07, 6.45) is -3.69. The Balaban J connectivity index is 1.53. The Hall–Kier alpha value is -2.36. The molecule has 0 spiro atoms. The maximum Gasteiger partial charge on any atom is 0.291 e. The summed E-state index contributed by atoms with van der Waals surface area (Å²) in [6, 6.07) is 17.7. The molecule has 2 heterocycles. The molecule has 2 saturated heterocycles. The van der Waals surface area contributed by atoms with Crippen molar-refractivity contribution in [2.24, 2.45) is 0 Å². The molecule has 8 heteroatoms. The fourth-order valence-corrected chi connectivity index (χ4v) is 3.84. The molecule has 0 saturated carbocycles. The largest absolute Gasteiger partial charge is 0.368 e. The van der Waals surface area contributed by atoms with Gasteiger partial charge in [0.25, 0.3) is 6.04 Å². The topological polar surface area (TPSA) is 89.3 Å². The van der Waals surface area contributed by atoms with E-state index in [1.807, 2.05) is 60.7 Å². The second kappa shape index (κ2) is 9.63. The van der Waals surface area contributed by atoms with Crippen LogP contribution in [0.5, 0.6) is 0 Å². The van der Waals surface area contributed by atoms with Crippen LogP contribution in [0.1, 0.15) is 24.3 Å². The smallest absolute Gasteiger partial charge is 0.291 e. The van der Waals surface area contributed by atoms with Crippen LogP contribution in [-0.4, -0.2) is 48.8 Å². The lowest BCUT2D eigenvalue weighted by Crippen LogP contribution is -2.65. The van der Waals surface area contributed by atoms with Crippen LogP contribution in [0.3, 0.4) is 0 Å². The molecule has 0 bridgehead atoms. The summed E-state index contributed by atoms with van der Waals surface area (Å²) in [4.78, 5) is 11.6. The van der Waals surface area contributed by atoms with Gasteiger partial charge in [0.05, 0.1) is 13.2 Å². The fraction of sp³-hybridized carbons (Fsp3) is 0.455. The van der Waals surface area contributed by atoms with E-state index in [1.165, 1.54) is 0 Å². The maximum atomic E-state index is 12.0. The number of rotatable bonds is 7. The molecule has 4 rings (SSSR count). The van der Waals surface area contributed by atoms with Gasteiger partial charge in [0, 0.05) is 17.1 Å². The Kier molecular flexibility index (Phi) is 6.71. The van der Waals surface area contributed by atoms with E-state index in [2.05, 4.69) is 0 Å². The lowest BCUT2D eigenvalue weighted by atomic mass is 9.95. The Labute approximate surface area is 174 Å². The van der Waals surface area contributed by atoms with Gasteiger partial charge < -0.3 is 23.7 Å². The lowest BCUT2D eigenvalue weighted by Gasteiger charge is -2.46. The third-order valence-electron chi connectivity index (χ3n) is 5.24. The number of hydrogen-bond acceptors (Lipinski definition) is 7. The summed E-state index contributed by atoms with van der Waals surface area (Å²) < 4.78 is 29.5.